The second-order valence-electron chi connectivity index (χ2n) is 17.3. The minimum atomic E-state index is -1.48. The van der Waals surface area contributed by atoms with Crippen LogP contribution in [0.1, 0.15) is 108 Å². The molecule has 0 aliphatic heterocycles. The molecule has 0 radical (unpaired) electrons. The number of carbonyl (C=O) groups is 2. The van der Waals surface area contributed by atoms with Crippen molar-refractivity contribution >= 4 is 11.9 Å². The topological polar surface area (TPSA) is 134 Å². The van der Waals surface area contributed by atoms with Crippen LogP contribution in [0.25, 0.3) is 0 Å². The highest BCUT2D eigenvalue weighted by Crippen LogP contribution is 2.76. The Bertz CT molecular complexity index is 1280. The summed E-state index contributed by atoms with van der Waals surface area (Å²) < 4.78 is 12.1. The third-order valence-corrected chi connectivity index (χ3v) is 14.7. The summed E-state index contributed by atoms with van der Waals surface area (Å²) in [6, 6.07) is 0. The first-order valence-corrected chi connectivity index (χ1v) is 17.1. The predicted molar refractivity (Wildman–Crippen MR) is 171 cm³/mol. The first-order valence-electron chi connectivity index (χ1n) is 17.1. The Hall–Kier alpha value is -1.74. The second kappa shape index (κ2) is 10.9. The van der Waals surface area contributed by atoms with Crippen LogP contribution in [0, 0.1) is 50.2 Å². The van der Waals surface area contributed by atoms with Gasteiger partial charge in [-0.25, -0.2) is 4.79 Å². The molecule has 0 amide bonds. The summed E-state index contributed by atoms with van der Waals surface area (Å²) >= 11 is 0. The molecule has 0 bridgehead atoms. The van der Waals surface area contributed by atoms with Crippen LogP contribution in [0.15, 0.2) is 23.3 Å². The van der Waals surface area contributed by atoms with Crippen LogP contribution < -0.4 is 0 Å². The minimum absolute atomic E-state index is 0.0625. The third kappa shape index (κ3) is 4.44. The maximum Gasteiger partial charge on any atom is 0.333 e. The molecule has 254 valence electrons. The lowest BCUT2D eigenvalue weighted by Gasteiger charge is -2.73. The van der Waals surface area contributed by atoms with Crippen molar-refractivity contribution in [3.63, 3.8) is 0 Å². The first kappa shape index (κ1) is 34.6. The van der Waals surface area contributed by atoms with E-state index < -0.39 is 65.1 Å². The van der Waals surface area contributed by atoms with E-state index in [2.05, 4.69) is 40.7 Å². The zero-order valence-corrected chi connectivity index (χ0v) is 29.1. The molecule has 4 N–H and O–H groups in total. The van der Waals surface area contributed by atoms with Gasteiger partial charge in [-0.1, -0.05) is 66.2 Å². The number of rotatable bonds is 4. The van der Waals surface area contributed by atoms with Gasteiger partial charge in [-0.05, 0) is 86.4 Å². The number of carbonyl (C=O) groups excluding carboxylic acids is 2. The van der Waals surface area contributed by atoms with E-state index >= 15 is 0 Å². The Morgan fingerprint density at radius 2 is 1.56 bits per heavy atom. The standard InChI is InChI=1S/C37H58O8/c1-11-20(2)31(43)45-29-30(44-21(3)39)37(19-38)23(18-32(29,4)5)22-12-13-25-34(8)16-15-26(40)33(6,7)24(34)14-17-35(25,9)36(22,10)27(41)28(37)42/h11-12,23-30,38,40-42H,13-19H2,1-10H3/b20-11-/t23-,24-,25+,26-,27-,28+,29-,30-,34-,35+,36-,37-/m0/s1. The highest BCUT2D eigenvalue weighted by molar-refractivity contribution is 5.87. The van der Waals surface area contributed by atoms with Crippen LogP contribution in [0.2, 0.25) is 0 Å². The van der Waals surface area contributed by atoms with Crippen molar-refractivity contribution in [1.29, 1.82) is 0 Å². The summed E-state index contributed by atoms with van der Waals surface area (Å²) in [5.41, 5.74) is -2.26. The smallest absolute Gasteiger partial charge is 0.333 e. The van der Waals surface area contributed by atoms with Crippen molar-refractivity contribution in [2.45, 2.75) is 138 Å². The number of hydrogen-bond acceptors (Lipinski definition) is 8. The molecule has 4 fully saturated rings. The van der Waals surface area contributed by atoms with E-state index in [0.717, 1.165) is 37.7 Å². The maximum absolute atomic E-state index is 13.1. The number of aliphatic hydroxyl groups is 4. The lowest BCUT2D eigenvalue weighted by Crippen LogP contribution is -2.76. The van der Waals surface area contributed by atoms with E-state index in [1.54, 1.807) is 19.9 Å². The number of aliphatic hydroxyl groups excluding tert-OH is 4. The lowest BCUT2D eigenvalue weighted by molar-refractivity contribution is -0.292. The van der Waals surface area contributed by atoms with Crippen LogP contribution in [-0.4, -0.2) is 69.5 Å². The fraction of sp³-hybridized carbons (Fsp3) is 0.838. The average molecular weight is 631 g/mol. The first-order chi connectivity index (χ1) is 20.7. The third-order valence-electron chi connectivity index (χ3n) is 14.7. The van der Waals surface area contributed by atoms with Crippen molar-refractivity contribution in [3.8, 4) is 0 Å². The summed E-state index contributed by atoms with van der Waals surface area (Å²) in [4.78, 5) is 25.8. The Labute approximate surface area is 269 Å². The van der Waals surface area contributed by atoms with Gasteiger partial charge >= 0.3 is 11.9 Å². The molecule has 8 heteroatoms. The van der Waals surface area contributed by atoms with Gasteiger partial charge in [-0.2, -0.15) is 0 Å². The van der Waals surface area contributed by atoms with Crippen LogP contribution in [0.4, 0.5) is 0 Å². The summed E-state index contributed by atoms with van der Waals surface area (Å²) in [5, 5.41) is 47.2. The summed E-state index contributed by atoms with van der Waals surface area (Å²) in [5.74, 6) is -1.05. The molecule has 5 aliphatic carbocycles. The molecule has 0 aromatic carbocycles. The van der Waals surface area contributed by atoms with Crippen molar-refractivity contribution in [2.75, 3.05) is 6.61 Å². The van der Waals surface area contributed by atoms with Gasteiger partial charge < -0.3 is 29.9 Å². The Morgan fingerprint density at radius 1 is 0.911 bits per heavy atom. The van der Waals surface area contributed by atoms with Gasteiger partial charge in [0.15, 0.2) is 6.10 Å². The summed E-state index contributed by atoms with van der Waals surface area (Å²) in [6.07, 6.45) is 3.36. The SMILES string of the molecule is C/C=C(/C)C(=O)O[C@H]1[C@H](OC(C)=O)[C@]2(CO)[C@H](O)[C@H](O)[C@]3(C)C(=CC[C@@H]4[C@@]5(C)CC[C@H](O)C(C)(C)[C@@H]5CC[C@]43C)[C@@H]2CC1(C)C. The van der Waals surface area contributed by atoms with E-state index in [-0.39, 0.29) is 28.3 Å². The fourth-order valence-corrected chi connectivity index (χ4v) is 11.8. The van der Waals surface area contributed by atoms with Gasteiger partial charge in [-0.3, -0.25) is 4.79 Å². The second-order valence-corrected chi connectivity index (χ2v) is 17.3. The molecule has 8 nitrogen and oxygen atoms in total. The largest absolute Gasteiger partial charge is 0.458 e. The molecule has 5 rings (SSSR count). The molecule has 5 aliphatic rings. The van der Waals surface area contributed by atoms with E-state index in [9.17, 15) is 30.0 Å². The summed E-state index contributed by atoms with van der Waals surface area (Å²) in [6.45, 7) is 19.2. The van der Waals surface area contributed by atoms with Gasteiger partial charge in [0.2, 0.25) is 0 Å². The molecule has 45 heavy (non-hydrogen) atoms. The Kier molecular flexibility index (Phi) is 8.37. The monoisotopic (exact) mass is 630 g/mol. The van der Waals surface area contributed by atoms with Crippen molar-refractivity contribution in [3.05, 3.63) is 23.3 Å². The quantitative estimate of drug-likeness (QED) is 0.191. The predicted octanol–water partition coefficient (Wildman–Crippen LogP) is 5.11. The molecule has 4 saturated carbocycles. The van der Waals surface area contributed by atoms with Gasteiger partial charge in [0.25, 0.3) is 0 Å². The molecule has 0 aromatic heterocycles. The van der Waals surface area contributed by atoms with Crippen LogP contribution >= 0.6 is 0 Å². The molecule has 0 aromatic rings. The van der Waals surface area contributed by atoms with E-state index in [4.69, 9.17) is 9.47 Å². The number of allylic oxidation sites excluding steroid dienone is 2. The number of hydrogen-bond donors (Lipinski definition) is 4. The number of esters is 2. The summed E-state index contributed by atoms with van der Waals surface area (Å²) in [7, 11) is 0. The van der Waals surface area contributed by atoms with Gasteiger partial charge in [0.1, 0.15) is 6.10 Å². The lowest BCUT2D eigenvalue weighted by atomic mass is 9.32. The zero-order chi connectivity index (χ0) is 33.7. The Balaban J connectivity index is 1.67. The zero-order valence-electron chi connectivity index (χ0n) is 29.1. The molecule has 0 heterocycles. The Morgan fingerprint density at radius 3 is 2.13 bits per heavy atom. The fourth-order valence-electron chi connectivity index (χ4n) is 11.8. The molecular formula is C37H58O8. The van der Waals surface area contributed by atoms with E-state index in [0.29, 0.717) is 17.9 Å². The van der Waals surface area contributed by atoms with Crippen LogP contribution in [0.3, 0.4) is 0 Å². The number of fused-ring (bicyclic) bond motifs is 7. The highest BCUT2D eigenvalue weighted by atomic mass is 16.6. The highest BCUT2D eigenvalue weighted by Gasteiger charge is 2.76. The van der Waals surface area contributed by atoms with E-state index in [1.807, 2.05) is 13.8 Å². The maximum atomic E-state index is 13.1. The van der Waals surface area contributed by atoms with Gasteiger partial charge in [0.05, 0.1) is 30.3 Å². The molecule has 0 saturated heterocycles. The van der Waals surface area contributed by atoms with Crippen molar-refractivity contribution in [2.24, 2.45) is 50.2 Å². The molecule has 0 unspecified atom stereocenters. The van der Waals surface area contributed by atoms with E-state index in [1.165, 1.54) is 6.92 Å². The normalized spacial score (nSPS) is 48.5. The van der Waals surface area contributed by atoms with Gasteiger partial charge in [0, 0.05) is 23.3 Å². The molecule has 0 spiro atoms. The number of ether oxygens (including phenoxy) is 2. The molecular weight excluding hydrogens is 572 g/mol. The minimum Gasteiger partial charge on any atom is -0.458 e. The van der Waals surface area contributed by atoms with Gasteiger partial charge in [-0.15, -0.1) is 0 Å². The van der Waals surface area contributed by atoms with Crippen LogP contribution in [-0.2, 0) is 19.1 Å². The average Bonchev–Trinajstić information content (AvgIpc) is 2.95. The van der Waals surface area contributed by atoms with Crippen LogP contribution in [0.5, 0.6) is 0 Å². The molecule has 12 atom stereocenters. The van der Waals surface area contributed by atoms with Crippen molar-refractivity contribution in [1.82, 2.24) is 0 Å². The van der Waals surface area contributed by atoms with Crippen molar-refractivity contribution < 1.29 is 39.5 Å².